The van der Waals surface area contributed by atoms with Gasteiger partial charge in [-0.25, -0.2) is 4.98 Å². The zero-order valence-corrected chi connectivity index (χ0v) is 17.3. The number of nitrogens with zero attached hydrogens (tertiary/aromatic N) is 3. The van der Waals surface area contributed by atoms with E-state index < -0.39 is 11.7 Å². The van der Waals surface area contributed by atoms with Gasteiger partial charge in [-0.2, -0.15) is 13.2 Å². The Kier molecular flexibility index (Phi) is 4.91. The molecule has 1 N–H and O–H groups in total. The molecule has 5 rings (SSSR count). The van der Waals surface area contributed by atoms with Crippen LogP contribution in [0.25, 0.3) is 11.4 Å². The zero-order valence-electron chi connectivity index (χ0n) is 17.3. The number of carbonyl (C=O) groups is 1. The van der Waals surface area contributed by atoms with E-state index in [1.807, 2.05) is 30.0 Å². The van der Waals surface area contributed by atoms with Gasteiger partial charge >= 0.3 is 6.18 Å². The molecule has 6 nitrogen and oxygen atoms in total. The van der Waals surface area contributed by atoms with Crippen molar-refractivity contribution in [3.05, 3.63) is 65.6 Å². The molecule has 32 heavy (non-hydrogen) atoms. The van der Waals surface area contributed by atoms with Crippen LogP contribution in [0, 0.1) is 12.8 Å². The Morgan fingerprint density at radius 2 is 2.03 bits per heavy atom. The van der Waals surface area contributed by atoms with Crippen LogP contribution in [0.4, 0.5) is 13.2 Å². The van der Waals surface area contributed by atoms with Gasteiger partial charge in [-0.3, -0.25) is 9.78 Å². The monoisotopic (exact) mass is 442 g/mol. The van der Waals surface area contributed by atoms with E-state index in [1.54, 1.807) is 12.3 Å². The lowest BCUT2D eigenvalue weighted by atomic mass is 10.0. The molecule has 2 fully saturated rings. The summed E-state index contributed by atoms with van der Waals surface area (Å²) in [5.41, 5.74) is 1.87. The van der Waals surface area contributed by atoms with E-state index in [9.17, 15) is 18.0 Å². The van der Waals surface area contributed by atoms with Crippen molar-refractivity contribution in [2.24, 2.45) is 5.92 Å². The molecule has 0 radical (unpaired) electrons. The molecule has 0 aromatic carbocycles. The van der Waals surface area contributed by atoms with E-state index in [1.165, 1.54) is 6.07 Å². The van der Waals surface area contributed by atoms with Crippen molar-refractivity contribution in [1.82, 2.24) is 19.9 Å². The lowest BCUT2D eigenvalue weighted by molar-refractivity contribution is -0.137. The average Bonchev–Trinajstić information content (AvgIpc) is 3.50. The number of H-pyrrole nitrogens is 1. The molecular formula is C23H21F3N4O2. The number of carbonyl (C=O) groups excluding carboxylic acids is 1. The number of aryl methyl sites for hydroxylation is 1. The number of fused-ring (bicyclic) bond motifs is 2. The second-order valence-electron chi connectivity index (χ2n) is 8.33. The molecule has 0 spiro atoms. The molecule has 9 heteroatoms. The maximum Gasteiger partial charge on any atom is 0.417 e. The molecule has 1 aliphatic carbocycles. The summed E-state index contributed by atoms with van der Waals surface area (Å²) in [6.07, 6.45) is -0.659. The van der Waals surface area contributed by atoms with Crippen LogP contribution in [0.1, 0.15) is 34.5 Å². The summed E-state index contributed by atoms with van der Waals surface area (Å²) in [5, 5.41) is 0. The third-order valence-electron chi connectivity index (χ3n) is 6.14. The molecular weight excluding hydrogens is 421 g/mol. The van der Waals surface area contributed by atoms with Crippen molar-refractivity contribution in [2.75, 3.05) is 6.54 Å². The first-order valence-electron chi connectivity index (χ1n) is 10.4. The van der Waals surface area contributed by atoms with Crippen LogP contribution >= 0.6 is 0 Å². The third kappa shape index (κ3) is 3.72. The Labute approximate surface area is 182 Å². The van der Waals surface area contributed by atoms with Crippen LogP contribution in [0.3, 0.4) is 0 Å². The average molecular weight is 442 g/mol. The lowest BCUT2D eigenvalue weighted by Crippen LogP contribution is -2.47. The number of halogens is 3. The molecule has 4 heterocycles. The van der Waals surface area contributed by atoms with Crippen LogP contribution in [-0.2, 0) is 6.18 Å². The molecule has 0 unspecified atom stereocenters. The number of hydrogen-bond acceptors (Lipinski definition) is 4. The van der Waals surface area contributed by atoms with E-state index in [4.69, 9.17) is 4.74 Å². The van der Waals surface area contributed by atoms with Crippen molar-refractivity contribution in [3.8, 4) is 17.3 Å². The number of aromatic nitrogens is 3. The van der Waals surface area contributed by atoms with Crippen molar-refractivity contribution < 1.29 is 22.7 Å². The lowest BCUT2D eigenvalue weighted by Gasteiger charge is -2.33. The first-order valence-corrected chi connectivity index (χ1v) is 10.4. The van der Waals surface area contributed by atoms with Crippen molar-refractivity contribution >= 4 is 5.91 Å². The number of pyridine rings is 2. The number of rotatable bonds is 4. The quantitative estimate of drug-likeness (QED) is 0.647. The van der Waals surface area contributed by atoms with Gasteiger partial charge in [0.2, 0.25) is 5.88 Å². The number of likely N-dealkylation sites (tertiary alicyclic amines) is 1. The topological polar surface area (TPSA) is 71.1 Å². The fourth-order valence-corrected chi connectivity index (χ4v) is 4.67. The number of ether oxygens (including phenoxy) is 1. The van der Waals surface area contributed by atoms with Gasteiger partial charge in [0.05, 0.1) is 28.6 Å². The first-order chi connectivity index (χ1) is 15.3. The minimum absolute atomic E-state index is 0.122. The second kappa shape index (κ2) is 7.65. The highest BCUT2D eigenvalue weighted by Gasteiger charge is 2.49. The largest absolute Gasteiger partial charge is 0.472 e. The summed E-state index contributed by atoms with van der Waals surface area (Å²) in [5.74, 6) is 0.297. The maximum atomic E-state index is 13.5. The Hall–Kier alpha value is -3.36. The summed E-state index contributed by atoms with van der Waals surface area (Å²) >= 11 is 0. The number of amides is 1. The standard InChI is InChI=1S/C23H21F3N4O2/c1-13-4-6-16(21(29-13)17-3-2-8-27-17)22(31)30-12-14-9-18(30)19(10-14)32-20-7-5-15(11-28-20)23(24,25)26/h2-8,11,14,18-19,27H,9-10,12H2,1H3/t14-,18+,19-/m1/s1. The maximum absolute atomic E-state index is 13.5. The van der Waals surface area contributed by atoms with E-state index in [2.05, 4.69) is 15.0 Å². The minimum Gasteiger partial charge on any atom is -0.472 e. The van der Waals surface area contributed by atoms with Crippen LogP contribution in [0.15, 0.2) is 48.8 Å². The normalized spacial score (nSPS) is 22.4. The fraction of sp³-hybridized carbons (Fsp3) is 0.348. The zero-order chi connectivity index (χ0) is 22.5. The number of aromatic amines is 1. The van der Waals surface area contributed by atoms with Crippen molar-refractivity contribution in [3.63, 3.8) is 0 Å². The molecule has 2 bridgehead atoms. The summed E-state index contributed by atoms with van der Waals surface area (Å²) in [6, 6.07) is 9.36. The minimum atomic E-state index is -4.44. The van der Waals surface area contributed by atoms with Crippen LogP contribution in [-0.4, -0.2) is 44.4 Å². The van der Waals surface area contributed by atoms with E-state index in [0.717, 1.165) is 36.5 Å². The third-order valence-corrected chi connectivity index (χ3v) is 6.14. The predicted octanol–water partition coefficient (Wildman–Crippen LogP) is 4.48. The number of piperidine rings is 1. The van der Waals surface area contributed by atoms with E-state index in [-0.39, 0.29) is 29.9 Å². The molecule has 3 atom stereocenters. The second-order valence-corrected chi connectivity index (χ2v) is 8.33. The van der Waals surface area contributed by atoms with Gasteiger partial charge in [0.25, 0.3) is 5.91 Å². The van der Waals surface area contributed by atoms with Gasteiger partial charge in [0.15, 0.2) is 0 Å². The van der Waals surface area contributed by atoms with Crippen LogP contribution in [0.5, 0.6) is 5.88 Å². The van der Waals surface area contributed by atoms with Crippen LogP contribution < -0.4 is 4.74 Å². The molecule has 1 aliphatic heterocycles. The number of nitrogens with one attached hydrogen (secondary N) is 1. The molecule has 1 saturated carbocycles. The van der Waals surface area contributed by atoms with Gasteiger partial charge in [0, 0.05) is 30.7 Å². The van der Waals surface area contributed by atoms with Gasteiger partial charge in [-0.05, 0) is 56.0 Å². The Balaban J connectivity index is 1.36. The number of alkyl halides is 3. The fourth-order valence-electron chi connectivity index (χ4n) is 4.67. The Morgan fingerprint density at radius 3 is 2.69 bits per heavy atom. The highest BCUT2D eigenvalue weighted by molar-refractivity contribution is 6.00. The molecule has 166 valence electrons. The van der Waals surface area contributed by atoms with Gasteiger partial charge in [-0.1, -0.05) is 0 Å². The summed E-state index contributed by atoms with van der Waals surface area (Å²) in [6.45, 7) is 2.50. The Bertz CT molecular complexity index is 1130. The van der Waals surface area contributed by atoms with Gasteiger partial charge in [-0.15, -0.1) is 0 Å². The highest BCUT2D eigenvalue weighted by atomic mass is 19.4. The van der Waals surface area contributed by atoms with Gasteiger partial charge < -0.3 is 14.6 Å². The molecule has 2 aliphatic rings. The Morgan fingerprint density at radius 1 is 1.19 bits per heavy atom. The molecule has 1 saturated heterocycles. The van der Waals surface area contributed by atoms with E-state index in [0.29, 0.717) is 17.8 Å². The number of hydrogen-bond donors (Lipinski definition) is 1. The predicted molar refractivity (Wildman–Crippen MR) is 110 cm³/mol. The first kappa shape index (κ1) is 20.5. The van der Waals surface area contributed by atoms with Crippen molar-refractivity contribution in [2.45, 2.75) is 38.1 Å². The summed E-state index contributed by atoms with van der Waals surface area (Å²) in [7, 11) is 0. The van der Waals surface area contributed by atoms with E-state index >= 15 is 0 Å². The summed E-state index contributed by atoms with van der Waals surface area (Å²) < 4.78 is 44.2. The highest BCUT2D eigenvalue weighted by Crippen LogP contribution is 2.41. The molecule has 3 aromatic heterocycles. The SMILES string of the molecule is Cc1ccc(C(=O)N2C[C@H]3C[C@@H](Oc4ccc(C(F)(F)F)cn4)[C@@H]2C3)c(-c2ccc[nH]2)n1. The molecule has 3 aromatic rings. The molecule has 1 amide bonds. The summed E-state index contributed by atoms with van der Waals surface area (Å²) in [4.78, 5) is 26.8. The van der Waals surface area contributed by atoms with Gasteiger partial charge in [0.1, 0.15) is 6.10 Å². The smallest absolute Gasteiger partial charge is 0.417 e. The van der Waals surface area contributed by atoms with Crippen molar-refractivity contribution in [1.29, 1.82) is 0 Å². The van der Waals surface area contributed by atoms with Crippen LogP contribution in [0.2, 0.25) is 0 Å².